The molecule has 2 atom stereocenters. The van der Waals surface area contributed by atoms with E-state index in [0.29, 0.717) is 23.7 Å². The van der Waals surface area contributed by atoms with Gasteiger partial charge in [0.2, 0.25) is 11.8 Å². The predicted octanol–water partition coefficient (Wildman–Crippen LogP) is 3.38. The van der Waals surface area contributed by atoms with Crippen LogP contribution in [-0.4, -0.2) is 35.0 Å². The number of primary amides is 1. The van der Waals surface area contributed by atoms with Gasteiger partial charge in [-0.3, -0.25) is 9.69 Å². The molecule has 28 heavy (non-hydrogen) atoms. The van der Waals surface area contributed by atoms with Crippen molar-refractivity contribution in [3.05, 3.63) is 53.2 Å². The molecule has 0 saturated carbocycles. The normalized spacial score (nSPS) is 21.5. The maximum Gasteiger partial charge on any atom is 0.250 e. The number of nitrogens with one attached hydrogen (secondary N) is 1. The van der Waals surface area contributed by atoms with Crippen molar-refractivity contribution in [1.29, 1.82) is 0 Å². The van der Waals surface area contributed by atoms with Gasteiger partial charge in [0.1, 0.15) is 5.75 Å². The van der Waals surface area contributed by atoms with Crippen LogP contribution in [0.1, 0.15) is 60.1 Å². The first-order valence-electron chi connectivity index (χ1n) is 10.2. The van der Waals surface area contributed by atoms with Crippen LogP contribution in [0.2, 0.25) is 0 Å². The van der Waals surface area contributed by atoms with Crippen LogP contribution in [0.5, 0.6) is 11.6 Å². The zero-order chi connectivity index (χ0) is 19.5. The first-order chi connectivity index (χ1) is 13.7. The Morgan fingerprint density at radius 2 is 2.18 bits per heavy atom. The molecule has 0 spiro atoms. The van der Waals surface area contributed by atoms with Gasteiger partial charge in [-0.25, -0.2) is 4.98 Å². The van der Waals surface area contributed by atoms with E-state index in [-0.39, 0.29) is 0 Å². The number of nitrogens with zero attached hydrogens (tertiary/aromatic N) is 2. The van der Waals surface area contributed by atoms with E-state index < -0.39 is 5.91 Å². The number of hydrogen-bond donors (Lipinski definition) is 2. The van der Waals surface area contributed by atoms with Gasteiger partial charge in [0, 0.05) is 18.3 Å². The molecule has 2 unspecified atom stereocenters. The van der Waals surface area contributed by atoms with Crippen LogP contribution in [0.15, 0.2) is 36.5 Å². The number of hydrogen-bond acceptors (Lipinski definition) is 5. The number of amides is 1. The first-order valence-corrected chi connectivity index (χ1v) is 10.2. The van der Waals surface area contributed by atoms with E-state index in [2.05, 4.69) is 34.3 Å². The zero-order valence-corrected chi connectivity index (χ0v) is 16.4. The van der Waals surface area contributed by atoms with Gasteiger partial charge in [0.25, 0.3) is 0 Å². The number of nitrogens with two attached hydrogens (primary N) is 1. The molecular weight excluding hydrogens is 352 g/mol. The standard InChI is InChI=1S/C22H28N4O2/c1-2-26(20-7-4-12-24-20)19-6-3-5-15-13-17(9-10-18(15)19)28-21-11-8-16(14-25-21)22(23)27/h8-11,13-14,19-20,24H,2-7,12H2,1H3,(H2,23,27). The summed E-state index contributed by atoms with van der Waals surface area (Å²) < 4.78 is 5.91. The lowest BCUT2D eigenvalue weighted by Gasteiger charge is -2.39. The summed E-state index contributed by atoms with van der Waals surface area (Å²) in [7, 11) is 0. The van der Waals surface area contributed by atoms with Crippen molar-refractivity contribution in [3.63, 3.8) is 0 Å². The number of carbonyl (C=O) groups excluding carboxylic acids is 1. The Labute approximate surface area is 166 Å². The molecule has 2 heterocycles. The fraction of sp³-hybridized carbons (Fsp3) is 0.455. The number of carbonyl (C=O) groups is 1. The van der Waals surface area contributed by atoms with E-state index in [1.807, 2.05) is 6.07 Å². The van der Waals surface area contributed by atoms with Gasteiger partial charge < -0.3 is 15.8 Å². The van der Waals surface area contributed by atoms with Crippen molar-refractivity contribution in [2.75, 3.05) is 13.1 Å². The molecule has 2 aromatic rings. The minimum atomic E-state index is -0.490. The second-order valence-electron chi connectivity index (χ2n) is 7.56. The molecule has 0 bridgehead atoms. The summed E-state index contributed by atoms with van der Waals surface area (Å²) in [6.45, 7) is 4.43. The maximum absolute atomic E-state index is 11.2. The number of rotatable bonds is 6. The number of aromatic nitrogens is 1. The van der Waals surface area contributed by atoms with E-state index in [1.165, 1.54) is 43.0 Å². The van der Waals surface area contributed by atoms with Gasteiger partial charge in [-0.1, -0.05) is 13.0 Å². The third-order valence-corrected chi connectivity index (χ3v) is 5.84. The molecule has 3 N–H and O–H groups in total. The number of pyridine rings is 1. The highest BCUT2D eigenvalue weighted by atomic mass is 16.5. The highest BCUT2D eigenvalue weighted by molar-refractivity contribution is 5.92. The fourth-order valence-electron chi connectivity index (χ4n) is 4.49. The zero-order valence-electron chi connectivity index (χ0n) is 16.4. The van der Waals surface area contributed by atoms with Crippen molar-refractivity contribution in [2.24, 2.45) is 5.73 Å². The van der Waals surface area contributed by atoms with E-state index in [1.54, 1.807) is 12.1 Å². The maximum atomic E-state index is 11.2. The molecule has 4 rings (SSSR count). The average molecular weight is 380 g/mol. The van der Waals surface area contributed by atoms with Crippen molar-refractivity contribution in [2.45, 2.75) is 51.2 Å². The highest BCUT2D eigenvalue weighted by Gasteiger charge is 2.31. The fourth-order valence-corrected chi connectivity index (χ4v) is 4.49. The molecule has 1 amide bonds. The molecule has 6 nitrogen and oxygen atoms in total. The van der Waals surface area contributed by atoms with Crippen molar-refractivity contribution in [1.82, 2.24) is 15.2 Å². The lowest BCUT2D eigenvalue weighted by atomic mass is 9.86. The van der Waals surface area contributed by atoms with Gasteiger partial charge in [0.15, 0.2) is 0 Å². The van der Waals surface area contributed by atoms with Gasteiger partial charge in [-0.2, -0.15) is 0 Å². The summed E-state index contributed by atoms with van der Waals surface area (Å²) in [5, 5.41) is 3.65. The SMILES string of the molecule is CCN(C1CCCN1)C1CCCc2cc(Oc3ccc(C(N)=O)cn3)ccc21. The molecule has 1 aliphatic heterocycles. The number of aryl methyl sites for hydroxylation is 1. The molecule has 6 heteroatoms. The second kappa shape index (κ2) is 8.29. The molecule has 0 radical (unpaired) electrons. The summed E-state index contributed by atoms with van der Waals surface area (Å²) in [6, 6.07) is 10.1. The smallest absolute Gasteiger partial charge is 0.250 e. The van der Waals surface area contributed by atoms with Crippen LogP contribution >= 0.6 is 0 Å². The topological polar surface area (TPSA) is 80.5 Å². The Morgan fingerprint density at radius 3 is 2.86 bits per heavy atom. The average Bonchev–Trinajstić information content (AvgIpc) is 3.23. The molecule has 1 aromatic carbocycles. The predicted molar refractivity (Wildman–Crippen MR) is 108 cm³/mol. The monoisotopic (exact) mass is 380 g/mol. The molecule has 148 valence electrons. The Hall–Kier alpha value is -2.44. The highest BCUT2D eigenvalue weighted by Crippen LogP contribution is 2.38. The summed E-state index contributed by atoms with van der Waals surface area (Å²) in [6.07, 6.45) is 7.89. The summed E-state index contributed by atoms with van der Waals surface area (Å²) in [4.78, 5) is 18.0. The van der Waals surface area contributed by atoms with Crippen LogP contribution in [0, 0.1) is 0 Å². The van der Waals surface area contributed by atoms with Crippen LogP contribution < -0.4 is 15.8 Å². The molecule has 1 aliphatic carbocycles. The third-order valence-electron chi connectivity index (χ3n) is 5.84. The van der Waals surface area contributed by atoms with Crippen LogP contribution in [-0.2, 0) is 6.42 Å². The van der Waals surface area contributed by atoms with Gasteiger partial charge in [0.05, 0.1) is 11.7 Å². The first kappa shape index (κ1) is 18.9. The molecule has 1 saturated heterocycles. The number of benzene rings is 1. The Bertz CT molecular complexity index is 831. The summed E-state index contributed by atoms with van der Waals surface area (Å²) in [5.74, 6) is 0.750. The second-order valence-corrected chi connectivity index (χ2v) is 7.56. The van der Waals surface area contributed by atoms with Gasteiger partial charge >= 0.3 is 0 Å². The molecule has 2 aliphatic rings. The van der Waals surface area contributed by atoms with Crippen LogP contribution in [0.3, 0.4) is 0 Å². The number of ether oxygens (including phenoxy) is 1. The largest absolute Gasteiger partial charge is 0.439 e. The Kier molecular flexibility index (Phi) is 5.59. The molecular formula is C22H28N4O2. The molecule has 1 fully saturated rings. The molecule has 1 aromatic heterocycles. The minimum absolute atomic E-state index is 0.376. The van der Waals surface area contributed by atoms with Crippen molar-refractivity contribution < 1.29 is 9.53 Å². The van der Waals surface area contributed by atoms with Crippen LogP contribution in [0.25, 0.3) is 0 Å². The number of fused-ring (bicyclic) bond motifs is 1. The quantitative estimate of drug-likeness (QED) is 0.803. The van der Waals surface area contributed by atoms with Crippen molar-refractivity contribution in [3.8, 4) is 11.6 Å². The lowest BCUT2D eigenvalue weighted by Crippen LogP contribution is -2.44. The minimum Gasteiger partial charge on any atom is -0.439 e. The summed E-state index contributed by atoms with van der Waals surface area (Å²) in [5.41, 5.74) is 8.42. The van der Waals surface area contributed by atoms with E-state index in [0.717, 1.165) is 25.3 Å². The Morgan fingerprint density at radius 1 is 1.29 bits per heavy atom. The van der Waals surface area contributed by atoms with Crippen molar-refractivity contribution >= 4 is 5.91 Å². The van der Waals surface area contributed by atoms with Gasteiger partial charge in [-0.05, 0) is 74.5 Å². The lowest BCUT2D eigenvalue weighted by molar-refractivity contribution is 0.1000. The van der Waals surface area contributed by atoms with E-state index >= 15 is 0 Å². The third kappa shape index (κ3) is 3.88. The van der Waals surface area contributed by atoms with Crippen LogP contribution in [0.4, 0.5) is 0 Å². The Balaban J connectivity index is 1.53. The van der Waals surface area contributed by atoms with E-state index in [4.69, 9.17) is 10.5 Å². The summed E-state index contributed by atoms with van der Waals surface area (Å²) >= 11 is 0. The van der Waals surface area contributed by atoms with Gasteiger partial charge in [-0.15, -0.1) is 0 Å². The van der Waals surface area contributed by atoms with E-state index in [9.17, 15) is 4.79 Å².